The summed E-state index contributed by atoms with van der Waals surface area (Å²) in [7, 11) is 0. The number of halogens is 3. The van der Waals surface area contributed by atoms with Gasteiger partial charge in [-0.15, -0.1) is 11.8 Å². The lowest BCUT2D eigenvalue weighted by Crippen LogP contribution is -2.25. The van der Waals surface area contributed by atoms with Crippen molar-refractivity contribution in [1.29, 1.82) is 0 Å². The lowest BCUT2D eigenvalue weighted by atomic mass is 10.1. The molecule has 106 valence electrons. The molecule has 0 heterocycles. The van der Waals surface area contributed by atoms with Crippen LogP contribution in [0.4, 0.5) is 4.39 Å². The average Bonchev–Trinajstić information content (AvgIpc) is 2.43. The van der Waals surface area contributed by atoms with Crippen LogP contribution < -0.4 is 5.73 Å². The van der Waals surface area contributed by atoms with Gasteiger partial charge in [-0.25, -0.2) is 4.39 Å². The molecule has 0 saturated carbocycles. The number of rotatable bonds is 5. The van der Waals surface area contributed by atoms with Crippen molar-refractivity contribution in [3.8, 4) is 0 Å². The van der Waals surface area contributed by atoms with Crippen molar-refractivity contribution in [1.82, 2.24) is 0 Å². The summed E-state index contributed by atoms with van der Waals surface area (Å²) in [4.78, 5) is 0.611. The molecule has 0 fully saturated rings. The Morgan fingerprint density at radius 1 is 1.10 bits per heavy atom. The molecule has 2 N–H and O–H groups in total. The first-order valence-electron chi connectivity index (χ1n) is 6.13. The van der Waals surface area contributed by atoms with Crippen molar-refractivity contribution in [2.24, 2.45) is 5.73 Å². The highest BCUT2D eigenvalue weighted by molar-refractivity contribution is 7.99. The molecule has 0 aliphatic heterocycles. The third-order valence-electron chi connectivity index (χ3n) is 2.80. The summed E-state index contributed by atoms with van der Waals surface area (Å²) in [5, 5.41) is 1.07. The summed E-state index contributed by atoms with van der Waals surface area (Å²) >= 11 is 13.5. The zero-order valence-corrected chi connectivity index (χ0v) is 13.0. The van der Waals surface area contributed by atoms with Crippen molar-refractivity contribution in [2.75, 3.05) is 5.75 Å². The minimum atomic E-state index is -0.217. The first-order chi connectivity index (χ1) is 9.58. The molecule has 0 bridgehead atoms. The first-order valence-corrected chi connectivity index (χ1v) is 7.88. The van der Waals surface area contributed by atoms with E-state index in [1.54, 1.807) is 18.2 Å². The van der Waals surface area contributed by atoms with E-state index >= 15 is 0 Å². The summed E-state index contributed by atoms with van der Waals surface area (Å²) in [6.45, 7) is 0. The average molecular weight is 330 g/mol. The molecule has 0 amide bonds. The Morgan fingerprint density at radius 2 is 1.85 bits per heavy atom. The van der Waals surface area contributed by atoms with E-state index in [1.165, 1.54) is 17.8 Å². The van der Waals surface area contributed by atoms with Crippen LogP contribution in [0.1, 0.15) is 5.56 Å². The second-order valence-corrected chi connectivity index (χ2v) is 6.27. The van der Waals surface area contributed by atoms with Gasteiger partial charge in [-0.1, -0.05) is 47.5 Å². The number of benzene rings is 2. The smallest absolute Gasteiger partial charge is 0.136 e. The van der Waals surface area contributed by atoms with Crippen LogP contribution in [0.2, 0.25) is 10.0 Å². The molecule has 5 heteroatoms. The summed E-state index contributed by atoms with van der Waals surface area (Å²) in [5.41, 5.74) is 6.99. The Morgan fingerprint density at radius 3 is 2.60 bits per heavy atom. The maximum Gasteiger partial charge on any atom is 0.136 e. The van der Waals surface area contributed by atoms with Crippen molar-refractivity contribution in [3.63, 3.8) is 0 Å². The van der Waals surface area contributed by atoms with Gasteiger partial charge in [-0.05, 0) is 30.2 Å². The van der Waals surface area contributed by atoms with Crippen LogP contribution in [0.15, 0.2) is 47.4 Å². The van der Waals surface area contributed by atoms with Gasteiger partial charge >= 0.3 is 0 Å². The van der Waals surface area contributed by atoms with Crippen LogP contribution in [0, 0.1) is 5.82 Å². The molecule has 0 aliphatic carbocycles. The van der Waals surface area contributed by atoms with Gasteiger partial charge in [0, 0.05) is 16.7 Å². The van der Waals surface area contributed by atoms with Gasteiger partial charge in [0.05, 0.1) is 10.0 Å². The molecule has 0 aromatic heterocycles. The minimum Gasteiger partial charge on any atom is -0.327 e. The largest absolute Gasteiger partial charge is 0.327 e. The Labute approximate surface area is 132 Å². The van der Waals surface area contributed by atoms with Crippen LogP contribution in [0.5, 0.6) is 0 Å². The molecule has 2 aromatic rings. The third kappa shape index (κ3) is 4.13. The second kappa shape index (κ2) is 7.32. The molecule has 0 saturated heterocycles. The predicted molar refractivity (Wildman–Crippen MR) is 85.3 cm³/mol. The fourth-order valence-corrected chi connectivity index (χ4v) is 3.10. The highest BCUT2D eigenvalue weighted by atomic mass is 35.5. The molecule has 0 radical (unpaired) electrons. The van der Waals surface area contributed by atoms with Crippen molar-refractivity contribution in [2.45, 2.75) is 17.4 Å². The number of thioether (sulfide) groups is 1. The van der Waals surface area contributed by atoms with Crippen LogP contribution >= 0.6 is 35.0 Å². The highest BCUT2D eigenvalue weighted by Crippen LogP contribution is 2.27. The van der Waals surface area contributed by atoms with E-state index in [1.807, 2.05) is 18.2 Å². The molecule has 2 aromatic carbocycles. The number of nitrogens with two attached hydrogens (primary N) is 1. The third-order valence-corrected chi connectivity index (χ3v) is 4.90. The van der Waals surface area contributed by atoms with Crippen LogP contribution in [-0.2, 0) is 6.42 Å². The van der Waals surface area contributed by atoms with E-state index in [4.69, 9.17) is 28.9 Å². The van der Waals surface area contributed by atoms with Gasteiger partial charge in [0.25, 0.3) is 0 Å². The normalized spacial score (nSPS) is 12.4. The van der Waals surface area contributed by atoms with Gasteiger partial charge < -0.3 is 5.73 Å². The monoisotopic (exact) mass is 329 g/mol. The van der Waals surface area contributed by atoms with E-state index < -0.39 is 0 Å². The van der Waals surface area contributed by atoms with E-state index in [0.717, 1.165) is 5.56 Å². The van der Waals surface area contributed by atoms with Crippen molar-refractivity contribution < 1.29 is 4.39 Å². The molecule has 1 atom stereocenters. The second-order valence-electron chi connectivity index (χ2n) is 4.42. The van der Waals surface area contributed by atoms with Gasteiger partial charge in [0.15, 0.2) is 0 Å². The summed E-state index contributed by atoms with van der Waals surface area (Å²) in [6.07, 6.45) is 0.612. The quantitative estimate of drug-likeness (QED) is 0.798. The lowest BCUT2D eigenvalue weighted by molar-refractivity contribution is 0.601. The van der Waals surface area contributed by atoms with Gasteiger partial charge in [0.2, 0.25) is 0 Å². The van der Waals surface area contributed by atoms with Gasteiger partial charge in [0.1, 0.15) is 5.82 Å². The Hall–Kier alpha value is -0.740. The Bertz CT molecular complexity index is 592. The number of hydrogen-bond donors (Lipinski definition) is 1. The van der Waals surface area contributed by atoms with E-state index in [9.17, 15) is 4.39 Å². The Kier molecular flexibility index (Phi) is 5.73. The maximum atomic E-state index is 13.5. The van der Waals surface area contributed by atoms with Crippen molar-refractivity contribution in [3.05, 3.63) is 63.9 Å². The molecular weight excluding hydrogens is 316 g/mol. The molecule has 1 nitrogen and oxygen atoms in total. The van der Waals surface area contributed by atoms with Crippen LogP contribution in [0.25, 0.3) is 0 Å². The van der Waals surface area contributed by atoms with Gasteiger partial charge in [-0.3, -0.25) is 0 Å². The molecule has 0 spiro atoms. The highest BCUT2D eigenvalue weighted by Gasteiger charge is 2.11. The van der Waals surface area contributed by atoms with Crippen molar-refractivity contribution >= 4 is 35.0 Å². The van der Waals surface area contributed by atoms with Crippen LogP contribution in [-0.4, -0.2) is 11.8 Å². The lowest BCUT2D eigenvalue weighted by Gasteiger charge is -2.13. The fraction of sp³-hybridized carbons (Fsp3) is 0.200. The maximum absolute atomic E-state index is 13.5. The Balaban J connectivity index is 1.94. The van der Waals surface area contributed by atoms with Crippen LogP contribution in [0.3, 0.4) is 0 Å². The van der Waals surface area contributed by atoms with E-state index in [0.29, 0.717) is 27.1 Å². The zero-order chi connectivity index (χ0) is 14.5. The molecule has 1 unspecified atom stereocenters. The molecular formula is C15H14Cl2FNS. The summed E-state index contributed by atoms with van der Waals surface area (Å²) in [5.74, 6) is 0.398. The standard InChI is InChI=1S/C15H14Cl2FNS/c16-12-5-3-4-10(15(12)17)8-11(19)9-20-14-7-2-1-6-13(14)18/h1-7,11H,8-9,19H2. The molecule has 0 aliphatic rings. The fourth-order valence-electron chi connectivity index (χ4n) is 1.81. The molecule has 20 heavy (non-hydrogen) atoms. The first kappa shape index (κ1) is 15.6. The summed E-state index contributed by atoms with van der Waals surface area (Å²) < 4.78 is 13.5. The molecule has 2 rings (SSSR count). The predicted octanol–water partition coefficient (Wildman–Crippen LogP) is 4.79. The number of hydrogen-bond acceptors (Lipinski definition) is 2. The topological polar surface area (TPSA) is 26.0 Å². The zero-order valence-electron chi connectivity index (χ0n) is 10.7. The summed E-state index contributed by atoms with van der Waals surface area (Å²) in [6, 6.07) is 12.1. The SMILES string of the molecule is NC(CSc1ccccc1F)Cc1cccc(Cl)c1Cl. The van der Waals surface area contributed by atoms with Gasteiger partial charge in [-0.2, -0.15) is 0 Å². The minimum absolute atomic E-state index is 0.115. The van der Waals surface area contributed by atoms with E-state index in [-0.39, 0.29) is 11.9 Å². The van der Waals surface area contributed by atoms with E-state index in [2.05, 4.69) is 0 Å².